The zero-order chi connectivity index (χ0) is 19.1. The number of rotatable bonds is 8. The first-order valence-corrected chi connectivity index (χ1v) is 7.72. The molecule has 140 valence electrons. The van der Waals surface area contributed by atoms with Gasteiger partial charge in [-0.25, -0.2) is 0 Å². The largest absolute Gasteiger partial charge is 0.481 e. The molecule has 3 amide bonds. The number of carbonyl (C=O) groups excluding carboxylic acids is 3. The van der Waals surface area contributed by atoms with Crippen LogP contribution in [0.5, 0.6) is 0 Å². The summed E-state index contributed by atoms with van der Waals surface area (Å²) in [7, 11) is 0. The molecule has 0 saturated carbocycles. The summed E-state index contributed by atoms with van der Waals surface area (Å²) in [5.74, 6) is -4.57. The summed E-state index contributed by atoms with van der Waals surface area (Å²) in [5.41, 5.74) is 5.16. The summed E-state index contributed by atoms with van der Waals surface area (Å²) < 4.78 is 0. The maximum Gasteiger partial charge on any atom is 0.325 e. The van der Waals surface area contributed by atoms with Gasteiger partial charge in [0, 0.05) is 6.54 Å². The molecule has 0 bridgehead atoms. The minimum Gasteiger partial charge on any atom is -0.481 e. The number of carboxylic acids is 2. The quantitative estimate of drug-likeness (QED) is 0.315. The second-order valence-electron chi connectivity index (χ2n) is 5.68. The third kappa shape index (κ3) is 5.71. The molecule has 3 unspecified atom stereocenters. The number of carbonyl (C=O) groups is 5. The van der Waals surface area contributed by atoms with E-state index in [4.69, 9.17) is 15.9 Å². The molecule has 1 fully saturated rings. The van der Waals surface area contributed by atoms with E-state index in [-0.39, 0.29) is 6.54 Å². The molecule has 25 heavy (non-hydrogen) atoms. The van der Waals surface area contributed by atoms with Crippen LogP contribution in [-0.4, -0.2) is 76.0 Å². The Bertz CT molecular complexity index is 565. The minimum atomic E-state index is -1.35. The van der Waals surface area contributed by atoms with Crippen molar-refractivity contribution in [2.75, 3.05) is 13.1 Å². The van der Waals surface area contributed by atoms with E-state index in [1.54, 1.807) is 0 Å². The van der Waals surface area contributed by atoms with Crippen molar-refractivity contribution in [1.82, 2.24) is 15.5 Å². The fourth-order valence-corrected chi connectivity index (χ4v) is 2.50. The molecule has 0 spiro atoms. The van der Waals surface area contributed by atoms with E-state index in [1.165, 1.54) is 6.92 Å². The summed E-state index contributed by atoms with van der Waals surface area (Å²) >= 11 is 0. The van der Waals surface area contributed by atoms with Crippen LogP contribution in [0.3, 0.4) is 0 Å². The van der Waals surface area contributed by atoms with Gasteiger partial charge in [0.25, 0.3) is 0 Å². The number of carboxylic acid groups (broad SMARTS) is 2. The highest BCUT2D eigenvalue weighted by Gasteiger charge is 2.38. The highest BCUT2D eigenvalue weighted by Crippen LogP contribution is 2.19. The zero-order valence-electron chi connectivity index (χ0n) is 13.7. The Hall–Kier alpha value is -2.69. The molecule has 6 N–H and O–H groups in total. The number of aliphatic carboxylic acids is 2. The molecule has 0 radical (unpaired) electrons. The minimum absolute atomic E-state index is 0.201. The van der Waals surface area contributed by atoms with E-state index in [0.717, 1.165) is 4.90 Å². The molecule has 1 aliphatic heterocycles. The van der Waals surface area contributed by atoms with Crippen LogP contribution < -0.4 is 16.4 Å². The van der Waals surface area contributed by atoms with Crippen LogP contribution in [0.25, 0.3) is 0 Å². The molecule has 0 aromatic heterocycles. The van der Waals surface area contributed by atoms with Crippen molar-refractivity contribution in [3.05, 3.63) is 0 Å². The highest BCUT2D eigenvalue weighted by molar-refractivity contribution is 5.95. The van der Waals surface area contributed by atoms with Crippen LogP contribution in [0.4, 0.5) is 0 Å². The second-order valence-corrected chi connectivity index (χ2v) is 5.68. The molecule has 0 aliphatic carbocycles. The average Bonchev–Trinajstić information content (AvgIpc) is 3.02. The number of amides is 3. The van der Waals surface area contributed by atoms with E-state index in [0.29, 0.717) is 12.8 Å². The fourth-order valence-electron chi connectivity index (χ4n) is 2.50. The number of hydrogen-bond donors (Lipinski definition) is 5. The van der Waals surface area contributed by atoms with Gasteiger partial charge in [0.2, 0.25) is 17.7 Å². The number of nitrogens with one attached hydrogen (secondary N) is 2. The van der Waals surface area contributed by atoms with E-state index in [2.05, 4.69) is 10.6 Å². The lowest BCUT2D eigenvalue weighted by Gasteiger charge is -2.28. The lowest BCUT2D eigenvalue weighted by molar-refractivity contribution is -0.147. The van der Waals surface area contributed by atoms with Gasteiger partial charge in [-0.2, -0.15) is 0 Å². The van der Waals surface area contributed by atoms with E-state index >= 15 is 0 Å². The molecule has 11 heteroatoms. The number of likely N-dealkylation sites (tertiary alicyclic amines) is 1. The van der Waals surface area contributed by atoms with Crippen molar-refractivity contribution >= 4 is 29.7 Å². The van der Waals surface area contributed by atoms with Gasteiger partial charge in [0.1, 0.15) is 18.1 Å². The first-order valence-electron chi connectivity index (χ1n) is 7.72. The maximum atomic E-state index is 12.6. The normalized spacial score (nSPS) is 19.0. The third-order valence-corrected chi connectivity index (χ3v) is 3.77. The van der Waals surface area contributed by atoms with Crippen LogP contribution in [0, 0.1) is 0 Å². The van der Waals surface area contributed by atoms with E-state index in [1.807, 2.05) is 0 Å². The Morgan fingerprint density at radius 3 is 2.36 bits per heavy atom. The smallest absolute Gasteiger partial charge is 0.325 e. The standard InChI is InChI=1S/C14H22N4O7/c1-7(14(24)25)16-12(22)9-3-2-4-18(9)13(23)8(5-11(20)21)17-10(19)6-15/h7-9H,2-6,15H2,1H3,(H,16,22)(H,17,19)(H,20,21)(H,24,25). The number of hydrogen-bond acceptors (Lipinski definition) is 6. The molecule has 0 aromatic carbocycles. The van der Waals surface area contributed by atoms with Crippen LogP contribution in [0.1, 0.15) is 26.2 Å². The third-order valence-electron chi connectivity index (χ3n) is 3.77. The Balaban J connectivity index is 2.87. The molecule has 0 aromatic rings. The monoisotopic (exact) mass is 358 g/mol. The molecular weight excluding hydrogens is 336 g/mol. The van der Waals surface area contributed by atoms with Gasteiger partial charge in [0.05, 0.1) is 13.0 Å². The Labute approximate surface area is 143 Å². The van der Waals surface area contributed by atoms with Crippen LogP contribution in [0.15, 0.2) is 0 Å². The SMILES string of the molecule is CC(NC(=O)C1CCCN1C(=O)C(CC(=O)O)NC(=O)CN)C(=O)O. The molecule has 1 heterocycles. The Morgan fingerprint density at radius 2 is 1.84 bits per heavy atom. The topological polar surface area (TPSA) is 179 Å². The number of nitrogens with two attached hydrogens (primary N) is 1. The van der Waals surface area contributed by atoms with E-state index in [9.17, 15) is 24.0 Å². The van der Waals surface area contributed by atoms with Gasteiger partial charge in [-0.3, -0.25) is 24.0 Å². The first kappa shape index (κ1) is 20.4. The zero-order valence-corrected chi connectivity index (χ0v) is 13.7. The highest BCUT2D eigenvalue weighted by atomic mass is 16.4. The van der Waals surface area contributed by atoms with Crippen molar-refractivity contribution in [1.29, 1.82) is 0 Å². The van der Waals surface area contributed by atoms with Crippen LogP contribution in [0.2, 0.25) is 0 Å². The van der Waals surface area contributed by atoms with Crippen molar-refractivity contribution < 1.29 is 34.2 Å². The molecule has 1 saturated heterocycles. The van der Waals surface area contributed by atoms with Crippen molar-refractivity contribution in [2.45, 2.75) is 44.3 Å². The average molecular weight is 358 g/mol. The number of nitrogens with zero attached hydrogens (tertiary/aromatic N) is 1. The lowest BCUT2D eigenvalue weighted by atomic mass is 10.1. The van der Waals surface area contributed by atoms with E-state index < -0.39 is 60.8 Å². The molecule has 1 aliphatic rings. The summed E-state index contributed by atoms with van der Waals surface area (Å²) in [4.78, 5) is 59.1. The molecule has 11 nitrogen and oxygen atoms in total. The van der Waals surface area contributed by atoms with Crippen molar-refractivity contribution in [3.8, 4) is 0 Å². The molecule has 3 atom stereocenters. The summed E-state index contributed by atoms with van der Waals surface area (Å²) in [6, 6.07) is -3.39. The lowest BCUT2D eigenvalue weighted by Crippen LogP contribution is -2.55. The summed E-state index contributed by atoms with van der Waals surface area (Å²) in [6.45, 7) is 1.08. The predicted molar refractivity (Wildman–Crippen MR) is 83.2 cm³/mol. The molecule has 1 rings (SSSR count). The second kappa shape index (κ2) is 8.97. The van der Waals surface area contributed by atoms with Crippen LogP contribution >= 0.6 is 0 Å². The fraction of sp³-hybridized carbons (Fsp3) is 0.643. The van der Waals surface area contributed by atoms with Gasteiger partial charge in [0.15, 0.2) is 0 Å². The van der Waals surface area contributed by atoms with Gasteiger partial charge in [-0.1, -0.05) is 0 Å². The predicted octanol–water partition coefficient (Wildman–Crippen LogP) is -2.52. The van der Waals surface area contributed by atoms with Crippen LogP contribution in [-0.2, 0) is 24.0 Å². The first-order chi connectivity index (χ1) is 11.7. The van der Waals surface area contributed by atoms with Crippen molar-refractivity contribution in [3.63, 3.8) is 0 Å². The van der Waals surface area contributed by atoms with Gasteiger partial charge >= 0.3 is 11.9 Å². The van der Waals surface area contributed by atoms with Crippen molar-refractivity contribution in [2.24, 2.45) is 5.73 Å². The Morgan fingerprint density at radius 1 is 1.20 bits per heavy atom. The summed E-state index contributed by atoms with van der Waals surface area (Å²) in [5, 5.41) is 22.3. The maximum absolute atomic E-state index is 12.6. The Kier molecular flexibility index (Phi) is 7.30. The van der Waals surface area contributed by atoms with Gasteiger partial charge < -0.3 is 31.5 Å². The van der Waals surface area contributed by atoms with Gasteiger partial charge in [-0.05, 0) is 19.8 Å². The molecular formula is C14H22N4O7. The van der Waals surface area contributed by atoms with Gasteiger partial charge in [-0.15, -0.1) is 0 Å². The summed E-state index contributed by atoms with van der Waals surface area (Å²) in [6.07, 6.45) is 0.158.